The zero-order valence-electron chi connectivity index (χ0n) is 12.4. The molecule has 114 valence electrons. The Hall–Kier alpha value is -2.11. The Bertz CT molecular complexity index is 524. The summed E-state index contributed by atoms with van der Waals surface area (Å²) in [6.07, 6.45) is 5.20. The fraction of sp³-hybridized carbons (Fsp3) is 0.533. The number of hydrogen-bond acceptors (Lipinski definition) is 4. The Morgan fingerprint density at radius 3 is 2.76 bits per heavy atom. The minimum atomic E-state index is -0.237. The first-order valence-corrected chi connectivity index (χ1v) is 7.36. The maximum Gasteiger partial charge on any atom is 0.253 e. The van der Waals surface area contributed by atoms with Crippen LogP contribution in [-0.4, -0.2) is 41.3 Å². The molecule has 1 aliphatic heterocycles. The molecule has 0 aromatic carbocycles. The number of pyridine rings is 1. The van der Waals surface area contributed by atoms with Crippen molar-refractivity contribution in [2.75, 3.05) is 25.4 Å². The lowest BCUT2D eigenvalue weighted by Gasteiger charge is -2.26. The van der Waals surface area contributed by atoms with Crippen molar-refractivity contribution in [2.24, 2.45) is 0 Å². The summed E-state index contributed by atoms with van der Waals surface area (Å²) >= 11 is 0. The molecule has 6 nitrogen and oxygen atoms in total. The van der Waals surface area contributed by atoms with Gasteiger partial charge in [-0.15, -0.1) is 0 Å². The van der Waals surface area contributed by atoms with E-state index in [4.69, 9.17) is 5.73 Å². The van der Waals surface area contributed by atoms with Gasteiger partial charge in [0, 0.05) is 26.1 Å². The minimum Gasteiger partial charge on any atom is -0.397 e. The SMILES string of the molecule is Cc1ncc(N)cc1C(=O)NCCC(=O)N1CCCCC1. The summed E-state index contributed by atoms with van der Waals surface area (Å²) in [6, 6.07) is 1.60. The molecule has 0 saturated carbocycles. The van der Waals surface area contributed by atoms with Crippen molar-refractivity contribution in [3.05, 3.63) is 23.5 Å². The lowest BCUT2D eigenvalue weighted by atomic mass is 10.1. The Morgan fingerprint density at radius 2 is 2.05 bits per heavy atom. The predicted octanol–water partition coefficient (Wildman–Crippen LogP) is 1.10. The van der Waals surface area contributed by atoms with Gasteiger partial charge in [-0.2, -0.15) is 0 Å². The predicted molar refractivity (Wildman–Crippen MR) is 80.8 cm³/mol. The molecule has 2 amide bonds. The van der Waals surface area contributed by atoms with E-state index in [9.17, 15) is 9.59 Å². The summed E-state index contributed by atoms with van der Waals surface area (Å²) in [5.74, 6) is -0.129. The van der Waals surface area contributed by atoms with Crippen LogP contribution in [0.1, 0.15) is 41.7 Å². The third-order valence-electron chi connectivity index (χ3n) is 3.69. The van der Waals surface area contributed by atoms with E-state index in [0.717, 1.165) is 25.9 Å². The van der Waals surface area contributed by atoms with Crippen molar-refractivity contribution in [2.45, 2.75) is 32.6 Å². The van der Waals surface area contributed by atoms with Crippen molar-refractivity contribution in [3.8, 4) is 0 Å². The third kappa shape index (κ3) is 4.18. The van der Waals surface area contributed by atoms with Crippen LogP contribution in [0.2, 0.25) is 0 Å². The molecule has 21 heavy (non-hydrogen) atoms. The summed E-state index contributed by atoms with van der Waals surface area (Å²) in [4.78, 5) is 30.0. The summed E-state index contributed by atoms with van der Waals surface area (Å²) < 4.78 is 0. The zero-order chi connectivity index (χ0) is 15.2. The van der Waals surface area contributed by atoms with Gasteiger partial charge in [0.05, 0.1) is 23.1 Å². The van der Waals surface area contributed by atoms with Crippen LogP contribution in [0, 0.1) is 6.92 Å². The highest BCUT2D eigenvalue weighted by atomic mass is 16.2. The van der Waals surface area contributed by atoms with E-state index in [0.29, 0.717) is 29.9 Å². The van der Waals surface area contributed by atoms with Crippen molar-refractivity contribution < 1.29 is 9.59 Å². The van der Waals surface area contributed by atoms with E-state index >= 15 is 0 Å². The van der Waals surface area contributed by atoms with Crippen LogP contribution < -0.4 is 11.1 Å². The number of aromatic nitrogens is 1. The number of amides is 2. The van der Waals surface area contributed by atoms with Crippen molar-refractivity contribution >= 4 is 17.5 Å². The van der Waals surface area contributed by atoms with Crippen molar-refractivity contribution in [1.82, 2.24) is 15.2 Å². The van der Waals surface area contributed by atoms with Gasteiger partial charge in [-0.1, -0.05) is 0 Å². The first-order chi connectivity index (χ1) is 10.1. The molecule has 1 fully saturated rings. The normalized spacial score (nSPS) is 14.8. The van der Waals surface area contributed by atoms with Gasteiger partial charge >= 0.3 is 0 Å². The van der Waals surface area contributed by atoms with Crippen LogP contribution in [0.25, 0.3) is 0 Å². The molecule has 3 N–H and O–H groups in total. The molecule has 1 saturated heterocycles. The number of aryl methyl sites for hydroxylation is 1. The lowest BCUT2D eigenvalue weighted by molar-refractivity contribution is -0.131. The van der Waals surface area contributed by atoms with Crippen LogP contribution in [0.4, 0.5) is 5.69 Å². The number of hydrogen-bond donors (Lipinski definition) is 2. The van der Waals surface area contributed by atoms with E-state index in [2.05, 4.69) is 10.3 Å². The summed E-state index contributed by atoms with van der Waals surface area (Å²) in [7, 11) is 0. The third-order valence-corrected chi connectivity index (χ3v) is 3.69. The van der Waals surface area contributed by atoms with Gasteiger partial charge in [-0.3, -0.25) is 14.6 Å². The molecular formula is C15H22N4O2. The molecule has 1 aliphatic rings. The summed E-state index contributed by atoms with van der Waals surface area (Å²) in [5, 5.41) is 2.76. The smallest absolute Gasteiger partial charge is 0.253 e. The largest absolute Gasteiger partial charge is 0.397 e. The standard InChI is InChI=1S/C15H22N4O2/c1-11-13(9-12(16)10-18-11)15(21)17-6-5-14(20)19-7-3-2-4-8-19/h9-10H,2-8,16H2,1H3,(H,17,21). The van der Waals surface area contributed by atoms with Gasteiger partial charge in [0.1, 0.15) is 0 Å². The number of carbonyl (C=O) groups is 2. The molecule has 0 unspecified atom stereocenters. The highest BCUT2D eigenvalue weighted by Crippen LogP contribution is 2.11. The van der Waals surface area contributed by atoms with E-state index in [1.54, 1.807) is 13.0 Å². The average Bonchev–Trinajstić information content (AvgIpc) is 2.50. The van der Waals surface area contributed by atoms with Gasteiger partial charge < -0.3 is 16.0 Å². The molecule has 2 rings (SSSR count). The van der Waals surface area contributed by atoms with Gasteiger partial charge in [0.25, 0.3) is 5.91 Å². The van der Waals surface area contributed by atoms with E-state index in [1.807, 2.05) is 4.90 Å². The van der Waals surface area contributed by atoms with Crippen LogP contribution in [-0.2, 0) is 4.79 Å². The Labute approximate surface area is 124 Å². The first kappa shape index (κ1) is 15.3. The highest BCUT2D eigenvalue weighted by molar-refractivity contribution is 5.96. The Balaban J connectivity index is 1.81. The summed E-state index contributed by atoms with van der Waals surface area (Å²) in [5.41, 5.74) is 7.18. The minimum absolute atomic E-state index is 0.109. The van der Waals surface area contributed by atoms with Crippen molar-refractivity contribution in [1.29, 1.82) is 0 Å². The molecule has 6 heteroatoms. The van der Waals surface area contributed by atoms with Crippen molar-refractivity contribution in [3.63, 3.8) is 0 Å². The molecule has 1 aromatic rings. The Morgan fingerprint density at radius 1 is 1.33 bits per heavy atom. The number of piperidine rings is 1. The fourth-order valence-corrected chi connectivity index (χ4v) is 2.46. The van der Waals surface area contributed by atoms with Crippen LogP contribution in [0.3, 0.4) is 0 Å². The maximum absolute atomic E-state index is 12.0. The molecular weight excluding hydrogens is 268 g/mol. The Kier molecular flexibility index (Phi) is 5.14. The first-order valence-electron chi connectivity index (χ1n) is 7.36. The second-order valence-electron chi connectivity index (χ2n) is 5.35. The quantitative estimate of drug-likeness (QED) is 0.869. The lowest BCUT2D eigenvalue weighted by Crippen LogP contribution is -2.37. The van der Waals surface area contributed by atoms with E-state index in [-0.39, 0.29) is 11.8 Å². The summed E-state index contributed by atoms with van der Waals surface area (Å²) in [6.45, 7) is 3.77. The molecule has 0 bridgehead atoms. The highest BCUT2D eigenvalue weighted by Gasteiger charge is 2.16. The number of carbonyl (C=O) groups excluding carboxylic acids is 2. The monoisotopic (exact) mass is 290 g/mol. The zero-order valence-corrected chi connectivity index (χ0v) is 12.4. The number of nitrogens with zero attached hydrogens (tertiary/aromatic N) is 2. The second-order valence-corrected chi connectivity index (χ2v) is 5.35. The maximum atomic E-state index is 12.0. The number of nitrogens with one attached hydrogen (secondary N) is 1. The van der Waals surface area contributed by atoms with Crippen LogP contribution in [0.5, 0.6) is 0 Å². The van der Waals surface area contributed by atoms with Crippen LogP contribution >= 0.6 is 0 Å². The van der Waals surface area contributed by atoms with Gasteiger partial charge in [0.2, 0.25) is 5.91 Å². The molecule has 0 spiro atoms. The number of nitrogen functional groups attached to an aromatic ring is 1. The average molecular weight is 290 g/mol. The van der Waals surface area contributed by atoms with Gasteiger partial charge in [-0.05, 0) is 32.3 Å². The van der Waals surface area contributed by atoms with E-state index < -0.39 is 0 Å². The fourth-order valence-electron chi connectivity index (χ4n) is 2.46. The molecule has 0 atom stereocenters. The molecule has 1 aromatic heterocycles. The topological polar surface area (TPSA) is 88.3 Å². The molecule has 0 aliphatic carbocycles. The molecule has 2 heterocycles. The number of likely N-dealkylation sites (tertiary alicyclic amines) is 1. The number of anilines is 1. The second kappa shape index (κ2) is 7.06. The number of rotatable bonds is 4. The molecule has 0 radical (unpaired) electrons. The van der Waals surface area contributed by atoms with Gasteiger partial charge in [0.15, 0.2) is 0 Å². The number of nitrogens with two attached hydrogens (primary N) is 1. The van der Waals surface area contributed by atoms with E-state index in [1.165, 1.54) is 12.6 Å². The van der Waals surface area contributed by atoms with Gasteiger partial charge in [-0.25, -0.2) is 0 Å². The van der Waals surface area contributed by atoms with Crippen LogP contribution in [0.15, 0.2) is 12.3 Å².